The van der Waals surface area contributed by atoms with Crippen LogP contribution in [0.3, 0.4) is 0 Å². The third kappa shape index (κ3) is 3.84. The summed E-state index contributed by atoms with van der Waals surface area (Å²) in [5.74, 6) is -1.00. The van der Waals surface area contributed by atoms with Crippen LogP contribution in [0.4, 0.5) is 0 Å². The Hall–Kier alpha value is -4.40. The van der Waals surface area contributed by atoms with E-state index in [0.717, 1.165) is 22.3 Å². The molecule has 0 unspecified atom stereocenters. The number of carbonyl (C=O) groups is 1. The van der Waals surface area contributed by atoms with E-state index in [1.165, 1.54) is 0 Å². The highest BCUT2D eigenvalue weighted by atomic mass is 16.5. The highest BCUT2D eigenvalue weighted by Crippen LogP contribution is 2.33. The molecule has 0 saturated heterocycles. The van der Waals surface area contributed by atoms with Crippen LogP contribution in [-0.4, -0.2) is 27.2 Å². The van der Waals surface area contributed by atoms with E-state index in [2.05, 4.69) is 25.7 Å². The van der Waals surface area contributed by atoms with Gasteiger partial charge in [-0.1, -0.05) is 54.6 Å². The Labute approximate surface area is 189 Å². The van der Waals surface area contributed by atoms with Gasteiger partial charge < -0.3 is 9.84 Å². The largest absolute Gasteiger partial charge is 0.478 e. The Morgan fingerprint density at radius 3 is 2.48 bits per heavy atom. The van der Waals surface area contributed by atoms with E-state index in [1.807, 2.05) is 60.0 Å². The Bertz CT molecular complexity index is 1380. The maximum Gasteiger partial charge on any atom is 0.337 e. The summed E-state index contributed by atoms with van der Waals surface area (Å²) in [4.78, 5) is 16.3. The summed E-state index contributed by atoms with van der Waals surface area (Å²) in [5.41, 5.74) is 5.25. The smallest absolute Gasteiger partial charge is 0.337 e. The van der Waals surface area contributed by atoms with E-state index in [-0.39, 0.29) is 5.56 Å². The third-order valence-corrected chi connectivity index (χ3v) is 5.44. The molecular weight excluding hydrogens is 420 g/mol. The molecule has 4 aromatic rings. The summed E-state index contributed by atoms with van der Waals surface area (Å²) >= 11 is 0. The molecule has 0 saturated carbocycles. The topological polar surface area (TPSA) is 114 Å². The molecule has 1 N–H and O–H groups in total. The number of carboxylic acids is 1. The number of hydrogen-bond donors (Lipinski definition) is 1. The second-order valence-electron chi connectivity index (χ2n) is 7.46. The van der Waals surface area contributed by atoms with Crippen LogP contribution in [0.2, 0.25) is 0 Å². The van der Waals surface area contributed by atoms with Crippen LogP contribution in [-0.2, 0) is 6.54 Å². The van der Waals surface area contributed by atoms with E-state index >= 15 is 0 Å². The molecule has 0 aliphatic carbocycles. The first-order chi connectivity index (χ1) is 16.2. The van der Waals surface area contributed by atoms with E-state index in [9.17, 15) is 9.90 Å². The maximum absolute atomic E-state index is 11.8. The SMILES string of the molecule is CCOc1nc2cccc(C(=O)O)c2n1Cc1ccc(-c2ccccc2C2N=NN=N2)cc1. The molecule has 1 aliphatic heterocycles. The lowest BCUT2D eigenvalue weighted by Crippen LogP contribution is -2.08. The van der Waals surface area contributed by atoms with Gasteiger partial charge in [0.05, 0.1) is 29.7 Å². The minimum absolute atomic E-state index is 0.191. The zero-order valence-corrected chi connectivity index (χ0v) is 17.8. The number of ether oxygens (including phenoxy) is 1. The summed E-state index contributed by atoms with van der Waals surface area (Å²) in [5, 5.41) is 25.0. The monoisotopic (exact) mass is 440 g/mol. The zero-order valence-electron chi connectivity index (χ0n) is 17.8. The highest BCUT2D eigenvalue weighted by Gasteiger charge is 2.20. The van der Waals surface area contributed by atoms with Crippen molar-refractivity contribution in [1.82, 2.24) is 9.55 Å². The lowest BCUT2D eigenvalue weighted by atomic mass is 9.97. The van der Waals surface area contributed by atoms with Crippen molar-refractivity contribution in [3.63, 3.8) is 0 Å². The predicted molar refractivity (Wildman–Crippen MR) is 121 cm³/mol. The van der Waals surface area contributed by atoms with Gasteiger partial charge in [0.15, 0.2) is 0 Å². The van der Waals surface area contributed by atoms with Crippen LogP contribution in [0.25, 0.3) is 22.2 Å². The number of rotatable bonds is 7. The Morgan fingerprint density at radius 2 is 1.76 bits per heavy atom. The average molecular weight is 440 g/mol. The number of fused-ring (bicyclic) bond motifs is 1. The second kappa shape index (κ2) is 8.62. The average Bonchev–Trinajstić information content (AvgIpc) is 3.49. The first kappa shape index (κ1) is 20.5. The molecule has 9 nitrogen and oxygen atoms in total. The van der Waals surface area contributed by atoms with Crippen LogP contribution in [0.5, 0.6) is 6.01 Å². The van der Waals surface area contributed by atoms with Crippen molar-refractivity contribution in [1.29, 1.82) is 0 Å². The fourth-order valence-corrected chi connectivity index (χ4v) is 3.97. The molecule has 9 heteroatoms. The molecule has 2 heterocycles. The fraction of sp³-hybridized carbons (Fsp3) is 0.167. The van der Waals surface area contributed by atoms with Gasteiger partial charge in [-0.05, 0) is 46.2 Å². The second-order valence-corrected chi connectivity index (χ2v) is 7.46. The van der Waals surface area contributed by atoms with Gasteiger partial charge in [-0.2, -0.15) is 4.98 Å². The van der Waals surface area contributed by atoms with Crippen molar-refractivity contribution < 1.29 is 14.6 Å². The Kier molecular flexibility index (Phi) is 5.35. The summed E-state index contributed by atoms with van der Waals surface area (Å²) in [6, 6.07) is 21.4. The molecule has 164 valence electrons. The summed E-state index contributed by atoms with van der Waals surface area (Å²) in [7, 11) is 0. The molecule has 0 spiro atoms. The molecule has 5 rings (SSSR count). The van der Waals surface area contributed by atoms with Crippen molar-refractivity contribution in [2.75, 3.05) is 6.61 Å². The molecule has 3 aromatic carbocycles. The van der Waals surface area contributed by atoms with Gasteiger partial charge in [0, 0.05) is 5.56 Å². The van der Waals surface area contributed by atoms with Crippen LogP contribution in [0.15, 0.2) is 87.4 Å². The molecule has 0 fully saturated rings. The van der Waals surface area contributed by atoms with Crippen LogP contribution in [0.1, 0.15) is 34.6 Å². The maximum atomic E-state index is 11.8. The number of imidazole rings is 1. The molecule has 0 atom stereocenters. The number of hydrogen-bond acceptors (Lipinski definition) is 7. The number of nitrogens with zero attached hydrogens (tertiary/aromatic N) is 6. The van der Waals surface area contributed by atoms with Crippen molar-refractivity contribution in [2.45, 2.75) is 19.6 Å². The van der Waals surface area contributed by atoms with E-state index in [4.69, 9.17) is 4.74 Å². The first-order valence-electron chi connectivity index (χ1n) is 10.5. The molecule has 0 radical (unpaired) electrons. The number of benzene rings is 3. The van der Waals surface area contributed by atoms with Crippen molar-refractivity contribution in [2.24, 2.45) is 20.7 Å². The molecule has 1 aromatic heterocycles. The number of para-hydroxylation sites is 1. The highest BCUT2D eigenvalue weighted by molar-refractivity contribution is 6.01. The van der Waals surface area contributed by atoms with Gasteiger partial charge in [0.25, 0.3) is 6.01 Å². The quantitative estimate of drug-likeness (QED) is 0.398. The Balaban J connectivity index is 1.51. The van der Waals surface area contributed by atoms with Gasteiger partial charge in [-0.25, -0.2) is 4.79 Å². The van der Waals surface area contributed by atoms with Crippen LogP contribution >= 0.6 is 0 Å². The predicted octanol–water partition coefficient (Wildman–Crippen LogP) is 5.68. The lowest BCUT2D eigenvalue weighted by Gasteiger charge is -2.13. The van der Waals surface area contributed by atoms with E-state index in [0.29, 0.717) is 30.2 Å². The minimum Gasteiger partial charge on any atom is -0.478 e. The molecule has 33 heavy (non-hydrogen) atoms. The Morgan fingerprint density at radius 1 is 1.00 bits per heavy atom. The first-order valence-corrected chi connectivity index (χ1v) is 10.5. The molecule has 1 aliphatic rings. The number of aromatic nitrogens is 2. The van der Waals surface area contributed by atoms with Crippen molar-refractivity contribution in [3.05, 3.63) is 83.4 Å². The standard InChI is InChI=1S/C24H20N6O3/c1-2-33-24-25-20-9-5-8-19(23(31)32)21(20)30(24)14-15-10-12-16(13-11-15)17-6-3-4-7-18(17)22-26-28-29-27-22/h3-13,22H,2,14H2,1H3,(H,31,32). The molecular formula is C24H20N6O3. The molecule has 0 bridgehead atoms. The summed E-state index contributed by atoms with van der Waals surface area (Å²) in [6.07, 6.45) is -0.429. The van der Waals surface area contributed by atoms with Crippen LogP contribution in [0, 0.1) is 0 Å². The van der Waals surface area contributed by atoms with Gasteiger partial charge >= 0.3 is 5.97 Å². The normalized spacial score (nSPS) is 13.1. The summed E-state index contributed by atoms with van der Waals surface area (Å²) < 4.78 is 7.53. The minimum atomic E-state index is -1.00. The van der Waals surface area contributed by atoms with Crippen LogP contribution < -0.4 is 4.74 Å². The zero-order chi connectivity index (χ0) is 22.8. The number of aromatic carboxylic acids is 1. The van der Waals surface area contributed by atoms with Crippen molar-refractivity contribution in [3.8, 4) is 17.1 Å². The van der Waals surface area contributed by atoms with E-state index < -0.39 is 12.1 Å². The van der Waals surface area contributed by atoms with Gasteiger partial charge in [0.2, 0.25) is 6.17 Å². The third-order valence-electron chi connectivity index (χ3n) is 5.44. The van der Waals surface area contributed by atoms with Gasteiger partial charge in [-0.3, -0.25) is 4.57 Å². The van der Waals surface area contributed by atoms with Crippen molar-refractivity contribution >= 4 is 17.0 Å². The van der Waals surface area contributed by atoms with E-state index in [1.54, 1.807) is 18.2 Å². The van der Waals surface area contributed by atoms with Gasteiger partial charge in [-0.15, -0.1) is 10.2 Å². The lowest BCUT2D eigenvalue weighted by molar-refractivity contribution is 0.0698. The summed E-state index contributed by atoms with van der Waals surface area (Å²) in [6.45, 7) is 2.72. The fourth-order valence-electron chi connectivity index (χ4n) is 3.97. The molecule has 0 amide bonds. The number of carboxylic acid groups (broad SMARTS) is 1. The van der Waals surface area contributed by atoms with Gasteiger partial charge in [0.1, 0.15) is 0 Å².